The first-order valence-electron chi connectivity index (χ1n) is 7.80. The molecule has 2 atom stereocenters. The van der Waals surface area contributed by atoms with E-state index < -0.39 is 0 Å². The lowest BCUT2D eigenvalue weighted by Crippen LogP contribution is -2.41. The molecule has 0 aromatic heterocycles. The SMILES string of the molecule is CCC(C)N(C)CCNC(=O)C(CN)Cc1ccccc1. The molecular weight excluding hydrogens is 262 g/mol. The van der Waals surface area contributed by atoms with Gasteiger partial charge in [0.1, 0.15) is 0 Å². The number of amides is 1. The number of benzene rings is 1. The van der Waals surface area contributed by atoms with Gasteiger partial charge >= 0.3 is 0 Å². The molecule has 4 heteroatoms. The number of nitrogens with two attached hydrogens (primary N) is 1. The predicted molar refractivity (Wildman–Crippen MR) is 88.1 cm³/mol. The minimum Gasteiger partial charge on any atom is -0.355 e. The van der Waals surface area contributed by atoms with Gasteiger partial charge in [-0.2, -0.15) is 0 Å². The molecule has 1 amide bonds. The fourth-order valence-electron chi connectivity index (χ4n) is 2.21. The van der Waals surface area contributed by atoms with Crippen molar-refractivity contribution in [1.29, 1.82) is 0 Å². The molecule has 0 fully saturated rings. The highest BCUT2D eigenvalue weighted by Gasteiger charge is 2.17. The first-order valence-corrected chi connectivity index (χ1v) is 7.80. The van der Waals surface area contributed by atoms with Crippen molar-refractivity contribution < 1.29 is 4.79 Å². The van der Waals surface area contributed by atoms with Crippen LogP contribution in [0.2, 0.25) is 0 Å². The Morgan fingerprint density at radius 1 is 1.33 bits per heavy atom. The van der Waals surface area contributed by atoms with E-state index in [-0.39, 0.29) is 11.8 Å². The molecule has 1 aromatic rings. The molecule has 2 unspecified atom stereocenters. The number of nitrogens with one attached hydrogen (secondary N) is 1. The molecule has 0 heterocycles. The summed E-state index contributed by atoms with van der Waals surface area (Å²) in [6.45, 7) is 6.28. The van der Waals surface area contributed by atoms with E-state index in [0.717, 1.165) is 18.5 Å². The van der Waals surface area contributed by atoms with Gasteiger partial charge in [-0.25, -0.2) is 0 Å². The van der Waals surface area contributed by atoms with E-state index >= 15 is 0 Å². The van der Waals surface area contributed by atoms with Gasteiger partial charge in [0.05, 0.1) is 5.92 Å². The van der Waals surface area contributed by atoms with Gasteiger partial charge < -0.3 is 16.0 Å². The van der Waals surface area contributed by atoms with E-state index in [1.54, 1.807) is 0 Å². The molecule has 0 saturated carbocycles. The lowest BCUT2D eigenvalue weighted by molar-refractivity contribution is -0.124. The van der Waals surface area contributed by atoms with Crippen LogP contribution in [-0.2, 0) is 11.2 Å². The maximum absolute atomic E-state index is 12.2. The molecule has 0 saturated heterocycles. The highest BCUT2D eigenvalue weighted by Crippen LogP contribution is 2.08. The van der Waals surface area contributed by atoms with Crippen molar-refractivity contribution >= 4 is 5.91 Å². The van der Waals surface area contributed by atoms with Crippen molar-refractivity contribution in [2.75, 3.05) is 26.7 Å². The molecule has 0 aliphatic carbocycles. The van der Waals surface area contributed by atoms with E-state index in [1.807, 2.05) is 30.3 Å². The van der Waals surface area contributed by atoms with Crippen molar-refractivity contribution in [1.82, 2.24) is 10.2 Å². The van der Waals surface area contributed by atoms with E-state index in [2.05, 4.69) is 31.1 Å². The summed E-state index contributed by atoms with van der Waals surface area (Å²) >= 11 is 0. The van der Waals surface area contributed by atoms with Crippen LogP contribution in [0.3, 0.4) is 0 Å². The second kappa shape index (κ2) is 9.53. The Hall–Kier alpha value is -1.39. The van der Waals surface area contributed by atoms with Crippen LogP contribution in [0.15, 0.2) is 30.3 Å². The fourth-order valence-corrected chi connectivity index (χ4v) is 2.21. The molecule has 3 N–H and O–H groups in total. The molecule has 1 aromatic carbocycles. The first kappa shape index (κ1) is 17.7. The van der Waals surface area contributed by atoms with Crippen LogP contribution in [0.4, 0.5) is 0 Å². The zero-order valence-corrected chi connectivity index (χ0v) is 13.5. The fraction of sp³-hybridized carbons (Fsp3) is 0.588. The van der Waals surface area contributed by atoms with Crippen LogP contribution in [0, 0.1) is 5.92 Å². The van der Waals surface area contributed by atoms with Crippen LogP contribution in [-0.4, -0.2) is 43.5 Å². The number of rotatable bonds is 9. The number of hydrogen-bond acceptors (Lipinski definition) is 3. The number of carbonyl (C=O) groups excluding carboxylic acids is 1. The topological polar surface area (TPSA) is 58.4 Å². The normalized spacial score (nSPS) is 14.0. The van der Waals surface area contributed by atoms with Crippen LogP contribution < -0.4 is 11.1 Å². The highest BCUT2D eigenvalue weighted by molar-refractivity contribution is 5.79. The van der Waals surface area contributed by atoms with Crippen molar-refractivity contribution in [3.63, 3.8) is 0 Å². The maximum Gasteiger partial charge on any atom is 0.224 e. The van der Waals surface area contributed by atoms with Crippen LogP contribution >= 0.6 is 0 Å². The number of hydrogen-bond donors (Lipinski definition) is 2. The molecule has 0 aliphatic heterocycles. The van der Waals surface area contributed by atoms with Gasteiger partial charge in [-0.15, -0.1) is 0 Å². The lowest BCUT2D eigenvalue weighted by Gasteiger charge is -2.24. The predicted octanol–water partition coefficient (Wildman–Crippen LogP) is 1.65. The third kappa shape index (κ3) is 6.27. The molecule has 0 bridgehead atoms. The molecule has 118 valence electrons. The number of nitrogens with zero attached hydrogens (tertiary/aromatic N) is 1. The van der Waals surface area contributed by atoms with Gasteiger partial charge in [-0.05, 0) is 32.4 Å². The van der Waals surface area contributed by atoms with E-state index in [4.69, 9.17) is 5.73 Å². The highest BCUT2D eigenvalue weighted by atomic mass is 16.1. The van der Waals surface area contributed by atoms with Crippen molar-refractivity contribution in [3.8, 4) is 0 Å². The van der Waals surface area contributed by atoms with Crippen LogP contribution in [0.5, 0.6) is 0 Å². The quantitative estimate of drug-likeness (QED) is 0.727. The average Bonchev–Trinajstić information content (AvgIpc) is 2.52. The Kier molecular flexibility index (Phi) is 8.01. The van der Waals surface area contributed by atoms with E-state index in [0.29, 0.717) is 25.6 Å². The van der Waals surface area contributed by atoms with Gasteiger partial charge in [0.15, 0.2) is 0 Å². The van der Waals surface area contributed by atoms with Crippen LogP contribution in [0.25, 0.3) is 0 Å². The van der Waals surface area contributed by atoms with E-state index in [9.17, 15) is 4.79 Å². The Bertz CT molecular complexity index is 408. The Balaban J connectivity index is 2.38. The Morgan fingerprint density at radius 3 is 2.57 bits per heavy atom. The molecule has 0 aliphatic rings. The van der Waals surface area contributed by atoms with Gasteiger partial charge in [0.2, 0.25) is 5.91 Å². The standard InChI is InChI=1S/C17H29N3O/c1-4-14(2)20(3)11-10-19-17(21)16(13-18)12-15-8-6-5-7-9-15/h5-9,14,16H,4,10-13,18H2,1-3H3,(H,19,21). The van der Waals surface area contributed by atoms with Crippen molar-refractivity contribution in [2.24, 2.45) is 11.7 Å². The van der Waals surface area contributed by atoms with Gasteiger partial charge in [-0.3, -0.25) is 4.79 Å². The summed E-state index contributed by atoms with van der Waals surface area (Å²) in [5.74, 6) is -0.0970. The van der Waals surface area contributed by atoms with Gasteiger partial charge in [-0.1, -0.05) is 37.3 Å². The summed E-state index contributed by atoms with van der Waals surface area (Å²) in [5.41, 5.74) is 6.90. The Morgan fingerprint density at radius 2 is 2.00 bits per heavy atom. The Labute approximate surface area is 128 Å². The minimum absolute atomic E-state index is 0.0545. The minimum atomic E-state index is -0.152. The largest absolute Gasteiger partial charge is 0.355 e. The number of likely N-dealkylation sites (N-methyl/N-ethyl adjacent to an activating group) is 1. The molecule has 0 spiro atoms. The molecule has 0 radical (unpaired) electrons. The summed E-state index contributed by atoms with van der Waals surface area (Å²) in [6.07, 6.45) is 1.81. The van der Waals surface area contributed by atoms with Gasteiger partial charge in [0.25, 0.3) is 0 Å². The molecule has 1 rings (SSSR count). The summed E-state index contributed by atoms with van der Waals surface area (Å²) in [4.78, 5) is 14.4. The average molecular weight is 291 g/mol. The molecule has 21 heavy (non-hydrogen) atoms. The zero-order chi connectivity index (χ0) is 15.7. The molecule has 4 nitrogen and oxygen atoms in total. The summed E-state index contributed by atoms with van der Waals surface area (Å²) in [6, 6.07) is 10.6. The molecular formula is C17H29N3O. The van der Waals surface area contributed by atoms with Gasteiger partial charge in [0, 0.05) is 25.7 Å². The lowest BCUT2D eigenvalue weighted by atomic mass is 9.98. The third-order valence-corrected chi connectivity index (χ3v) is 4.09. The zero-order valence-electron chi connectivity index (χ0n) is 13.5. The first-order chi connectivity index (χ1) is 10.1. The second-order valence-corrected chi connectivity index (χ2v) is 5.65. The van der Waals surface area contributed by atoms with Crippen LogP contribution in [0.1, 0.15) is 25.8 Å². The van der Waals surface area contributed by atoms with Crippen molar-refractivity contribution in [2.45, 2.75) is 32.7 Å². The van der Waals surface area contributed by atoms with E-state index in [1.165, 1.54) is 0 Å². The maximum atomic E-state index is 12.2. The second-order valence-electron chi connectivity index (χ2n) is 5.65. The monoisotopic (exact) mass is 291 g/mol. The summed E-state index contributed by atoms with van der Waals surface area (Å²) in [5, 5.41) is 3.00. The summed E-state index contributed by atoms with van der Waals surface area (Å²) < 4.78 is 0. The third-order valence-electron chi connectivity index (χ3n) is 4.09. The van der Waals surface area contributed by atoms with Crippen molar-refractivity contribution in [3.05, 3.63) is 35.9 Å². The number of carbonyl (C=O) groups is 1. The smallest absolute Gasteiger partial charge is 0.224 e. The summed E-state index contributed by atoms with van der Waals surface area (Å²) in [7, 11) is 2.09.